The van der Waals surface area contributed by atoms with Gasteiger partial charge in [0.2, 0.25) is 0 Å². The molecule has 5 heteroatoms. The summed E-state index contributed by atoms with van der Waals surface area (Å²) in [4.78, 5) is 13.8. The molecule has 0 fully saturated rings. The molecule has 1 aliphatic rings. The first-order valence-electron chi connectivity index (χ1n) is 8.73. The first-order valence-corrected chi connectivity index (χ1v) is 8.73. The number of amides is 1. The van der Waals surface area contributed by atoms with Gasteiger partial charge < -0.3 is 14.5 Å². The fourth-order valence-corrected chi connectivity index (χ4v) is 3.34. The van der Waals surface area contributed by atoms with Crippen molar-refractivity contribution in [1.82, 2.24) is 10.1 Å². The molecule has 1 atom stereocenters. The molecule has 3 aromatic rings. The zero-order valence-electron chi connectivity index (χ0n) is 14.6. The van der Waals surface area contributed by atoms with Gasteiger partial charge in [-0.1, -0.05) is 59.8 Å². The molecular weight excluding hydrogens is 328 g/mol. The number of aromatic nitrogens is 1. The van der Waals surface area contributed by atoms with Gasteiger partial charge in [0.25, 0.3) is 5.91 Å². The van der Waals surface area contributed by atoms with Gasteiger partial charge in [-0.15, -0.1) is 0 Å². The number of nitrogens with zero attached hydrogens (tertiary/aromatic N) is 2. The Morgan fingerprint density at radius 3 is 2.42 bits per heavy atom. The summed E-state index contributed by atoms with van der Waals surface area (Å²) in [6.07, 6.45) is -0.381. The maximum atomic E-state index is 12.1. The molecule has 2 heterocycles. The average molecular weight is 348 g/mol. The summed E-state index contributed by atoms with van der Waals surface area (Å²) in [7, 11) is 0. The second kappa shape index (κ2) is 6.77. The molecule has 0 spiro atoms. The Labute approximate surface area is 151 Å². The summed E-state index contributed by atoms with van der Waals surface area (Å²) >= 11 is 0. The second-order valence-corrected chi connectivity index (χ2v) is 6.56. The van der Waals surface area contributed by atoms with Crippen molar-refractivity contribution in [2.24, 2.45) is 0 Å². The minimum absolute atomic E-state index is 0.262. The van der Waals surface area contributed by atoms with Crippen LogP contribution in [0, 0.1) is 0 Å². The first kappa shape index (κ1) is 16.5. The smallest absolute Gasteiger partial charge is 0.251 e. The summed E-state index contributed by atoms with van der Waals surface area (Å²) in [5.74, 6) is 0.559. The molecular formula is C21H20N2O3. The molecule has 1 amide bonds. The van der Waals surface area contributed by atoms with E-state index in [-0.39, 0.29) is 5.91 Å². The molecule has 0 bridgehead atoms. The third-order valence-corrected chi connectivity index (χ3v) is 4.76. The lowest BCUT2D eigenvalue weighted by Crippen LogP contribution is -2.40. The van der Waals surface area contributed by atoms with Gasteiger partial charge in [-0.3, -0.25) is 4.79 Å². The van der Waals surface area contributed by atoms with Crippen LogP contribution < -0.4 is 0 Å². The van der Waals surface area contributed by atoms with Crippen LogP contribution in [0.3, 0.4) is 0 Å². The van der Waals surface area contributed by atoms with Crippen LogP contribution in [0.2, 0.25) is 0 Å². The van der Waals surface area contributed by atoms with Gasteiger partial charge in [-0.25, -0.2) is 0 Å². The lowest BCUT2D eigenvalue weighted by Gasteiger charge is -2.27. The lowest BCUT2D eigenvalue weighted by molar-refractivity contribution is -0.140. The van der Waals surface area contributed by atoms with Gasteiger partial charge in [-0.2, -0.15) is 0 Å². The Balaban J connectivity index is 1.62. The Kier molecular flexibility index (Phi) is 4.31. The number of fused-ring (bicyclic) bond motifs is 1. The number of rotatable bonds is 3. The van der Waals surface area contributed by atoms with Crippen LogP contribution in [0.4, 0.5) is 0 Å². The molecule has 4 rings (SSSR count). The molecule has 5 nitrogen and oxygen atoms in total. The summed E-state index contributed by atoms with van der Waals surface area (Å²) in [6.45, 7) is 2.45. The number of hydrogen-bond acceptors (Lipinski definition) is 4. The molecule has 1 unspecified atom stereocenters. The summed E-state index contributed by atoms with van der Waals surface area (Å²) in [6, 6.07) is 18.4. The predicted molar refractivity (Wildman–Crippen MR) is 98.2 cm³/mol. The van der Waals surface area contributed by atoms with Crippen molar-refractivity contribution in [1.29, 1.82) is 0 Å². The Morgan fingerprint density at radius 2 is 1.73 bits per heavy atom. The molecule has 0 radical (unpaired) electrons. The topological polar surface area (TPSA) is 66.6 Å². The van der Waals surface area contributed by atoms with E-state index in [1.807, 2.05) is 30.3 Å². The highest BCUT2D eigenvalue weighted by Gasteiger charge is 2.29. The standard InChI is InChI=1S/C21H20N2O3/c1-14(24)21(25)23-12-11-19-18(13-23)20(22-26-19)17-9-7-16(8-10-17)15-5-3-2-4-6-15/h2-10,14,24H,11-13H2,1H3. The van der Waals surface area contributed by atoms with Gasteiger partial charge >= 0.3 is 0 Å². The SMILES string of the molecule is CC(O)C(=O)N1CCc2onc(-c3ccc(-c4ccccc4)cc3)c2C1. The van der Waals surface area contributed by atoms with Crippen LogP contribution >= 0.6 is 0 Å². The molecule has 0 saturated carbocycles. The normalized spacial score (nSPS) is 14.8. The van der Waals surface area contributed by atoms with Crippen molar-refractivity contribution in [3.8, 4) is 22.4 Å². The molecule has 1 aromatic heterocycles. The van der Waals surface area contributed by atoms with Gasteiger partial charge in [0.15, 0.2) is 0 Å². The number of benzene rings is 2. The fourth-order valence-electron chi connectivity index (χ4n) is 3.34. The van der Waals surface area contributed by atoms with Crippen LogP contribution in [0.25, 0.3) is 22.4 Å². The zero-order valence-corrected chi connectivity index (χ0v) is 14.6. The molecule has 0 aliphatic carbocycles. The van der Waals surface area contributed by atoms with Gasteiger partial charge in [0.1, 0.15) is 17.6 Å². The zero-order chi connectivity index (χ0) is 18.1. The first-order chi connectivity index (χ1) is 12.6. The van der Waals surface area contributed by atoms with E-state index < -0.39 is 6.10 Å². The van der Waals surface area contributed by atoms with Crippen LogP contribution in [0.1, 0.15) is 18.2 Å². The van der Waals surface area contributed by atoms with E-state index in [1.165, 1.54) is 6.92 Å². The summed E-state index contributed by atoms with van der Waals surface area (Å²) in [5, 5.41) is 13.8. The van der Waals surface area contributed by atoms with Crippen LogP contribution in [-0.2, 0) is 17.8 Å². The Morgan fingerprint density at radius 1 is 1.08 bits per heavy atom. The fraction of sp³-hybridized carbons (Fsp3) is 0.238. The van der Waals surface area contributed by atoms with Crippen LogP contribution in [-0.4, -0.2) is 33.7 Å². The Hall–Kier alpha value is -2.92. The molecule has 26 heavy (non-hydrogen) atoms. The number of aliphatic hydroxyl groups is 1. The maximum absolute atomic E-state index is 12.1. The Bertz CT molecular complexity index is 914. The highest BCUT2D eigenvalue weighted by molar-refractivity contribution is 5.81. The molecule has 0 saturated heterocycles. The minimum Gasteiger partial charge on any atom is -0.384 e. The highest BCUT2D eigenvalue weighted by Crippen LogP contribution is 2.31. The van der Waals surface area contributed by atoms with E-state index in [9.17, 15) is 9.90 Å². The number of aliphatic hydroxyl groups excluding tert-OH is 1. The van der Waals surface area contributed by atoms with Gasteiger partial charge in [0, 0.05) is 24.1 Å². The number of carbonyl (C=O) groups excluding carboxylic acids is 1. The van der Waals surface area contributed by atoms with Crippen LogP contribution in [0.15, 0.2) is 59.1 Å². The third-order valence-electron chi connectivity index (χ3n) is 4.76. The van der Waals surface area contributed by atoms with E-state index in [4.69, 9.17) is 4.52 Å². The summed E-state index contributed by atoms with van der Waals surface area (Å²) < 4.78 is 5.49. The molecule has 1 N–H and O–H groups in total. The van der Waals surface area contributed by atoms with Crippen molar-refractivity contribution in [3.63, 3.8) is 0 Å². The minimum atomic E-state index is -0.995. The maximum Gasteiger partial charge on any atom is 0.251 e. The lowest BCUT2D eigenvalue weighted by atomic mass is 9.98. The van der Waals surface area contributed by atoms with E-state index in [2.05, 4.69) is 29.4 Å². The van der Waals surface area contributed by atoms with Crippen molar-refractivity contribution >= 4 is 5.91 Å². The monoisotopic (exact) mass is 348 g/mol. The highest BCUT2D eigenvalue weighted by atomic mass is 16.5. The van der Waals surface area contributed by atoms with E-state index in [0.717, 1.165) is 33.7 Å². The van der Waals surface area contributed by atoms with Crippen LogP contribution in [0.5, 0.6) is 0 Å². The van der Waals surface area contributed by atoms with Crippen molar-refractivity contribution in [3.05, 3.63) is 65.9 Å². The van der Waals surface area contributed by atoms with E-state index in [0.29, 0.717) is 19.5 Å². The number of hydrogen-bond donors (Lipinski definition) is 1. The molecule has 2 aromatic carbocycles. The van der Waals surface area contributed by atoms with E-state index >= 15 is 0 Å². The third kappa shape index (κ3) is 3.02. The quantitative estimate of drug-likeness (QED) is 0.789. The van der Waals surface area contributed by atoms with Gasteiger partial charge in [-0.05, 0) is 18.1 Å². The van der Waals surface area contributed by atoms with Crippen molar-refractivity contribution < 1.29 is 14.4 Å². The van der Waals surface area contributed by atoms with E-state index in [1.54, 1.807) is 4.90 Å². The molecule has 1 aliphatic heterocycles. The van der Waals surface area contributed by atoms with Gasteiger partial charge in [0.05, 0.1) is 6.54 Å². The average Bonchev–Trinajstić information content (AvgIpc) is 3.11. The van der Waals surface area contributed by atoms with Crippen molar-refractivity contribution in [2.75, 3.05) is 6.54 Å². The number of carbonyl (C=O) groups is 1. The predicted octanol–water partition coefficient (Wildman–Crippen LogP) is 3.27. The second-order valence-electron chi connectivity index (χ2n) is 6.56. The largest absolute Gasteiger partial charge is 0.384 e. The molecule has 132 valence electrons. The van der Waals surface area contributed by atoms with Crippen molar-refractivity contribution in [2.45, 2.75) is 26.0 Å². The summed E-state index contributed by atoms with van der Waals surface area (Å²) in [5.41, 5.74) is 4.95.